The first-order valence-electron chi connectivity index (χ1n) is 12.4. The Bertz CT molecular complexity index is 1160. The minimum absolute atomic E-state index is 0.00394. The van der Waals surface area contributed by atoms with Crippen LogP contribution in [0.15, 0.2) is 60.7 Å². The molecule has 1 saturated heterocycles. The highest BCUT2D eigenvalue weighted by molar-refractivity contribution is 7.16. The number of nitrogens with one attached hydrogen (secondary N) is 1. The van der Waals surface area contributed by atoms with Gasteiger partial charge in [-0.1, -0.05) is 73.5 Å². The maximum Gasteiger partial charge on any atom is 0.249 e. The van der Waals surface area contributed by atoms with Crippen molar-refractivity contribution in [1.82, 2.24) is 9.88 Å². The highest BCUT2D eigenvalue weighted by Gasteiger charge is 2.40. The molecule has 1 N–H and O–H groups in total. The van der Waals surface area contributed by atoms with Crippen molar-refractivity contribution in [2.75, 3.05) is 11.9 Å². The number of anilines is 1. The minimum atomic E-state index is -1.18. The number of aromatic nitrogens is 1. The van der Waals surface area contributed by atoms with Crippen LogP contribution in [0.4, 0.5) is 9.52 Å². The van der Waals surface area contributed by atoms with Crippen molar-refractivity contribution in [3.8, 4) is 11.3 Å². The molecule has 5 rings (SSSR count). The summed E-state index contributed by atoms with van der Waals surface area (Å²) in [4.78, 5) is 33.4. The lowest BCUT2D eigenvalue weighted by Gasteiger charge is -2.24. The predicted molar refractivity (Wildman–Crippen MR) is 137 cm³/mol. The molecule has 5 nitrogen and oxygen atoms in total. The summed E-state index contributed by atoms with van der Waals surface area (Å²) in [6.45, 7) is -0.00394. The number of benzene rings is 2. The van der Waals surface area contributed by atoms with E-state index in [9.17, 15) is 14.0 Å². The second kappa shape index (κ2) is 10.7. The number of nitrogens with zero attached hydrogens (tertiary/aromatic N) is 2. The number of rotatable bonds is 7. The van der Waals surface area contributed by atoms with Gasteiger partial charge in [-0.2, -0.15) is 0 Å². The molecule has 2 heterocycles. The maximum atomic E-state index is 14.3. The molecule has 35 heavy (non-hydrogen) atoms. The summed E-state index contributed by atoms with van der Waals surface area (Å²) in [5, 5.41) is 3.38. The van der Waals surface area contributed by atoms with Gasteiger partial charge in [0.05, 0.1) is 12.2 Å². The number of amides is 2. The molecule has 2 amide bonds. The van der Waals surface area contributed by atoms with Crippen LogP contribution in [0.5, 0.6) is 0 Å². The molecule has 1 aromatic heterocycles. The van der Waals surface area contributed by atoms with E-state index >= 15 is 0 Å². The van der Waals surface area contributed by atoms with E-state index in [-0.39, 0.29) is 24.8 Å². The number of hydrogen-bond acceptors (Lipinski definition) is 4. The number of carbonyl (C=O) groups is 2. The Morgan fingerprint density at radius 3 is 2.43 bits per heavy atom. The lowest BCUT2D eigenvalue weighted by Crippen LogP contribution is -2.43. The molecule has 1 aliphatic carbocycles. The van der Waals surface area contributed by atoms with Crippen LogP contribution in [0.2, 0.25) is 0 Å². The number of carbonyl (C=O) groups excluding carboxylic acids is 2. The van der Waals surface area contributed by atoms with Gasteiger partial charge in [-0.05, 0) is 24.3 Å². The largest absolute Gasteiger partial charge is 0.328 e. The van der Waals surface area contributed by atoms with Gasteiger partial charge in [-0.3, -0.25) is 9.59 Å². The van der Waals surface area contributed by atoms with Gasteiger partial charge in [0, 0.05) is 29.7 Å². The van der Waals surface area contributed by atoms with Gasteiger partial charge >= 0.3 is 0 Å². The second-order valence-electron chi connectivity index (χ2n) is 9.56. The zero-order valence-corrected chi connectivity index (χ0v) is 20.5. The molecule has 0 bridgehead atoms. The number of likely N-dealkylation sites (tertiary alicyclic amines) is 1. The third-order valence-electron chi connectivity index (χ3n) is 6.99. The molecule has 182 valence electrons. The maximum absolute atomic E-state index is 14.3. The van der Waals surface area contributed by atoms with Gasteiger partial charge in [0.15, 0.2) is 5.13 Å². The third-order valence-corrected chi connectivity index (χ3v) is 7.96. The number of hydrogen-bond donors (Lipinski definition) is 1. The molecule has 7 heteroatoms. The molecule has 2 aliphatic rings. The second-order valence-corrected chi connectivity index (χ2v) is 10.6. The lowest BCUT2D eigenvalue weighted by molar-refractivity contribution is -0.137. The van der Waals surface area contributed by atoms with E-state index in [1.807, 2.05) is 48.5 Å². The van der Waals surface area contributed by atoms with Crippen LogP contribution in [0, 0.1) is 5.92 Å². The van der Waals surface area contributed by atoms with E-state index < -0.39 is 12.2 Å². The molecule has 3 aromatic rings. The Balaban J connectivity index is 1.34. The molecular formula is C28H30FN3O2S. The monoisotopic (exact) mass is 491 g/mol. The molecule has 1 aliphatic heterocycles. The average Bonchev–Trinajstić information content (AvgIpc) is 3.61. The molecular weight excluding hydrogens is 461 g/mol. The standard InChI is InChI=1S/C28H30FN3O2S/c29-22-17-23(32(18-22)25(33)16-20-11-7-8-12-20)27(34)31-28-30-26(21-13-5-2-6-14-21)24(35-28)15-19-9-3-1-4-10-19/h1-6,9-10,13-14,20,22-23H,7-8,11-12,15-18H2,(H,30,31,34)/t22-,23+/m1/s1. The van der Waals surface area contributed by atoms with Gasteiger partial charge in [0.1, 0.15) is 12.2 Å². The minimum Gasteiger partial charge on any atom is -0.328 e. The molecule has 2 aromatic carbocycles. The zero-order valence-electron chi connectivity index (χ0n) is 19.7. The summed E-state index contributed by atoms with van der Waals surface area (Å²) in [7, 11) is 0. The molecule has 0 radical (unpaired) electrons. The summed E-state index contributed by atoms with van der Waals surface area (Å²) in [6.07, 6.45) is 4.34. The molecule has 1 saturated carbocycles. The fourth-order valence-electron chi connectivity index (χ4n) is 5.20. The number of halogens is 1. The molecule has 0 unspecified atom stereocenters. The Morgan fingerprint density at radius 2 is 1.71 bits per heavy atom. The van der Waals surface area contributed by atoms with E-state index in [0.29, 0.717) is 23.9 Å². The van der Waals surface area contributed by atoms with Crippen LogP contribution < -0.4 is 5.32 Å². The highest BCUT2D eigenvalue weighted by Crippen LogP contribution is 2.34. The van der Waals surface area contributed by atoms with E-state index in [0.717, 1.165) is 47.4 Å². The van der Waals surface area contributed by atoms with Gasteiger partial charge in [-0.15, -0.1) is 11.3 Å². The van der Waals surface area contributed by atoms with Gasteiger partial charge in [0.2, 0.25) is 11.8 Å². The van der Waals surface area contributed by atoms with Crippen molar-refractivity contribution >= 4 is 28.3 Å². The summed E-state index contributed by atoms with van der Waals surface area (Å²) in [5.41, 5.74) is 2.97. The van der Waals surface area contributed by atoms with E-state index in [1.165, 1.54) is 16.2 Å². The summed E-state index contributed by atoms with van der Waals surface area (Å²) in [5.74, 6) is -0.103. The summed E-state index contributed by atoms with van der Waals surface area (Å²) >= 11 is 1.43. The lowest BCUT2D eigenvalue weighted by atomic mass is 10.0. The van der Waals surface area contributed by atoms with E-state index in [4.69, 9.17) is 4.98 Å². The Kier molecular flexibility index (Phi) is 7.23. The van der Waals surface area contributed by atoms with Crippen LogP contribution in [0.1, 0.15) is 49.0 Å². The average molecular weight is 492 g/mol. The highest BCUT2D eigenvalue weighted by atomic mass is 32.1. The predicted octanol–water partition coefficient (Wildman–Crippen LogP) is 5.86. The topological polar surface area (TPSA) is 62.3 Å². The van der Waals surface area contributed by atoms with Crippen LogP contribution in [0.25, 0.3) is 11.3 Å². The van der Waals surface area contributed by atoms with Crippen LogP contribution in [0.3, 0.4) is 0 Å². The number of thiazole rings is 1. The van der Waals surface area contributed by atoms with Crippen LogP contribution >= 0.6 is 11.3 Å². The summed E-state index contributed by atoms with van der Waals surface area (Å²) < 4.78 is 14.3. The number of alkyl halides is 1. The third kappa shape index (κ3) is 5.61. The first-order chi connectivity index (χ1) is 17.1. The van der Waals surface area contributed by atoms with Crippen molar-refractivity contribution in [2.45, 2.75) is 57.2 Å². The van der Waals surface area contributed by atoms with Gasteiger partial charge in [-0.25, -0.2) is 9.37 Å². The normalized spacial score (nSPS) is 20.3. The molecule has 2 atom stereocenters. The van der Waals surface area contributed by atoms with Gasteiger partial charge in [0.25, 0.3) is 0 Å². The fourth-order valence-corrected chi connectivity index (χ4v) is 6.23. The van der Waals surface area contributed by atoms with Crippen molar-refractivity contribution in [1.29, 1.82) is 0 Å². The molecule has 2 fully saturated rings. The first-order valence-corrected chi connectivity index (χ1v) is 13.2. The van der Waals surface area contributed by atoms with Crippen LogP contribution in [-0.2, 0) is 16.0 Å². The van der Waals surface area contributed by atoms with Crippen molar-refractivity contribution < 1.29 is 14.0 Å². The van der Waals surface area contributed by atoms with E-state index in [1.54, 1.807) is 0 Å². The molecule has 0 spiro atoms. The smallest absolute Gasteiger partial charge is 0.249 e. The van der Waals surface area contributed by atoms with Crippen molar-refractivity contribution in [2.24, 2.45) is 5.92 Å². The SMILES string of the molecule is O=C(Nc1nc(-c2ccccc2)c(Cc2ccccc2)s1)[C@@H]1C[C@@H](F)CN1C(=O)CC1CCCC1. The Morgan fingerprint density at radius 1 is 1.03 bits per heavy atom. The fraction of sp³-hybridized carbons (Fsp3) is 0.393. The Hall–Kier alpha value is -3.06. The first kappa shape index (κ1) is 23.7. The zero-order chi connectivity index (χ0) is 24.2. The van der Waals surface area contributed by atoms with Crippen LogP contribution in [-0.4, -0.2) is 40.5 Å². The Labute approximate surface area is 209 Å². The van der Waals surface area contributed by atoms with E-state index in [2.05, 4.69) is 17.4 Å². The van der Waals surface area contributed by atoms with Crippen molar-refractivity contribution in [3.05, 3.63) is 71.1 Å². The van der Waals surface area contributed by atoms with Gasteiger partial charge < -0.3 is 10.2 Å². The summed E-state index contributed by atoms with van der Waals surface area (Å²) in [6, 6.07) is 19.2. The van der Waals surface area contributed by atoms with Crippen molar-refractivity contribution in [3.63, 3.8) is 0 Å². The quantitative estimate of drug-likeness (QED) is 0.450.